The van der Waals surface area contributed by atoms with Crippen LogP contribution in [0.2, 0.25) is 0 Å². The molecule has 4 rings (SSSR count). The van der Waals surface area contributed by atoms with Gasteiger partial charge in [-0.25, -0.2) is 9.78 Å². The molecule has 2 unspecified atom stereocenters. The van der Waals surface area contributed by atoms with E-state index in [0.717, 1.165) is 21.0 Å². The van der Waals surface area contributed by atoms with Crippen LogP contribution in [-0.2, 0) is 32.7 Å². The van der Waals surface area contributed by atoms with Crippen molar-refractivity contribution in [2.75, 3.05) is 11.8 Å². The Hall–Kier alpha value is -3.78. The number of nitrogens with zero attached hydrogens (tertiary/aromatic N) is 1. The number of carbonyl (C=O) groups is 2. The van der Waals surface area contributed by atoms with Gasteiger partial charge in [-0.05, 0) is 41.1 Å². The van der Waals surface area contributed by atoms with Crippen LogP contribution in [0.1, 0.15) is 30.3 Å². The third-order valence-electron chi connectivity index (χ3n) is 5.64. The first-order chi connectivity index (χ1) is 18.7. The Balaban J connectivity index is 0.00000441. The summed E-state index contributed by atoms with van der Waals surface area (Å²) in [5, 5.41) is 10.3. The van der Waals surface area contributed by atoms with Crippen LogP contribution in [0.4, 0.5) is 10.5 Å². The smallest absolute Gasteiger partial charge is 0.407 e. The zero-order valence-corrected chi connectivity index (χ0v) is 23.2. The molecule has 0 radical (unpaired) electrons. The SMILES string of the molecule is C.COC(=O)NC(Cc1ccccc1)C(=O)NC(Cc1ccc(NS(=O)(=O)O)cc1)c1csc(-c2cccs2)n1. The molecule has 4 aromatic rings. The van der Waals surface area contributed by atoms with Gasteiger partial charge in [-0.1, -0.05) is 56.0 Å². The lowest BCUT2D eigenvalue weighted by molar-refractivity contribution is -0.123. The van der Waals surface area contributed by atoms with Gasteiger partial charge < -0.3 is 15.4 Å². The molecule has 10 nitrogen and oxygen atoms in total. The molecule has 2 aromatic carbocycles. The second-order valence-corrected chi connectivity index (χ2v) is 11.4. The Bertz CT molecular complexity index is 1490. The van der Waals surface area contributed by atoms with Crippen molar-refractivity contribution in [3.05, 3.63) is 94.3 Å². The molecule has 0 spiro atoms. The first-order valence-electron chi connectivity index (χ1n) is 11.7. The highest BCUT2D eigenvalue weighted by molar-refractivity contribution is 7.87. The van der Waals surface area contributed by atoms with Crippen LogP contribution in [0.25, 0.3) is 9.88 Å². The second kappa shape index (κ2) is 14.0. The number of amides is 2. The minimum Gasteiger partial charge on any atom is -0.453 e. The van der Waals surface area contributed by atoms with E-state index >= 15 is 0 Å². The van der Waals surface area contributed by atoms with Gasteiger partial charge in [0.05, 0.1) is 29.4 Å². The van der Waals surface area contributed by atoms with E-state index < -0.39 is 34.4 Å². The molecule has 0 saturated carbocycles. The number of rotatable bonds is 11. The highest BCUT2D eigenvalue weighted by Gasteiger charge is 2.26. The maximum atomic E-state index is 13.5. The Morgan fingerprint density at radius 1 is 0.950 bits per heavy atom. The third-order valence-corrected chi connectivity index (χ3v) is 8.04. The number of aromatic nitrogens is 1. The van der Waals surface area contributed by atoms with Gasteiger partial charge >= 0.3 is 16.4 Å². The number of methoxy groups -OCH3 is 1. The molecule has 2 amide bonds. The van der Waals surface area contributed by atoms with Crippen LogP contribution >= 0.6 is 22.7 Å². The van der Waals surface area contributed by atoms with Crippen molar-refractivity contribution >= 4 is 50.7 Å². The number of hydrogen-bond donors (Lipinski definition) is 4. The second-order valence-electron chi connectivity index (χ2n) is 8.47. The molecule has 2 atom stereocenters. The maximum Gasteiger partial charge on any atom is 0.407 e. The van der Waals surface area contributed by atoms with Crippen LogP contribution in [0.15, 0.2) is 77.5 Å². The fourth-order valence-electron chi connectivity index (χ4n) is 3.82. The highest BCUT2D eigenvalue weighted by Crippen LogP contribution is 2.31. The van der Waals surface area contributed by atoms with Crippen LogP contribution in [0, 0.1) is 0 Å². The lowest BCUT2D eigenvalue weighted by atomic mass is 10.0. The molecule has 0 fully saturated rings. The van der Waals surface area contributed by atoms with Gasteiger partial charge in [0.1, 0.15) is 11.0 Å². The predicted octanol–water partition coefficient (Wildman–Crippen LogP) is 5.09. The van der Waals surface area contributed by atoms with Crippen molar-refractivity contribution in [2.45, 2.75) is 32.4 Å². The maximum absolute atomic E-state index is 13.5. The Morgan fingerprint density at radius 2 is 1.65 bits per heavy atom. The quantitative estimate of drug-likeness (QED) is 0.175. The first-order valence-corrected chi connectivity index (χ1v) is 14.9. The molecular formula is C27H30N4O6S3. The van der Waals surface area contributed by atoms with Crippen molar-refractivity contribution in [1.82, 2.24) is 15.6 Å². The number of hydrogen-bond acceptors (Lipinski definition) is 8. The zero-order valence-electron chi connectivity index (χ0n) is 20.7. The van der Waals surface area contributed by atoms with Crippen LogP contribution in [-0.4, -0.2) is 43.1 Å². The van der Waals surface area contributed by atoms with Crippen molar-refractivity contribution < 1.29 is 27.3 Å². The lowest BCUT2D eigenvalue weighted by Crippen LogP contribution is -2.49. The molecule has 4 N–H and O–H groups in total. The average molecular weight is 603 g/mol. The van der Waals surface area contributed by atoms with E-state index in [4.69, 9.17) is 14.3 Å². The number of ether oxygens (including phenoxy) is 1. The fraction of sp³-hybridized carbons (Fsp3) is 0.222. The molecule has 2 heterocycles. The van der Waals surface area contributed by atoms with Crippen molar-refractivity contribution in [1.29, 1.82) is 0 Å². The van der Waals surface area contributed by atoms with Gasteiger partial charge in [-0.3, -0.25) is 14.1 Å². The number of thiophene rings is 1. The number of carbonyl (C=O) groups excluding carboxylic acids is 2. The average Bonchev–Trinajstić information content (AvgIpc) is 3.61. The Kier molecular flexibility index (Phi) is 10.8. The fourth-order valence-corrected chi connectivity index (χ4v) is 5.94. The van der Waals surface area contributed by atoms with Crippen LogP contribution in [0.3, 0.4) is 0 Å². The number of nitrogens with one attached hydrogen (secondary N) is 3. The summed E-state index contributed by atoms with van der Waals surface area (Å²) in [5.74, 6) is -0.412. The summed E-state index contributed by atoms with van der Waals surface area (Å²) in [7, 11) is -3.16. The van der Waals surface area contributed by atoms with Crippen molar-refractivity contribution in [3.8, 4) is 9.88 Å². The largest absolute Gasteiger partial charge is 0.453 e. The minimum absolute atomic E-state index is 0. The van der Waals surface area contributed by atoms with Crippen LogP contribution < -0.4 is 15.4 Å². The van der Waals surface area contributed by atoms with E-state index in [-0.39, 0.29) is 19.5 Å². The molecule has 2 aromatic heterocycles. The molecule has 212 valence electrons. The van der Waals surface area contributed by atoms with Gasteiger partial charge in [0, 0.05) is 11.8 Å². The number of thiazole rings is 1. The zero-order chi connectivity index (χ0) is 27.8. The molecule has 0 aliphatic carbocycles. The van der Waals surface area contributed by atoms with E-state index in [9.17, 15) is 18.0 Å². The predicted molar refractivity (Wildman–Crippen MR) is 158 cm³/mol. The molecule has 0 saturated heterocycles. The van der Waals surface area contributed by atoms with E-state index in [0.29, 0.717) is 12.1 Å². The summed E-state index contributed by atoms with van der Waals surface area (Å²) in [4.78, 5) is 31.3. The summed E-state index contributed by atoms with van der Waals surface area (Å²) in [6, 6.07) is 18.2. The standard InChI is InChI=1S/C26H26N4O6S3.CH4/c1-36-26(32)29-21(15-17-6-3-2-4-7-17)24(31)27-20(22-16-38-25(28-22)23-8-5-13-37-23)14-18-9-11-19(12-10-18)30-39(33,34)35;/h2-13,16,20-21,30H,14-15H2,1H3,(H,27,31)(H,29,32)(H,33,34,35);1H4. The molecule has 13 heteroatoms. The summed E-state index contributed by atoms with van der Waals surface area (Å²) >= 11 is 3.02. The van der Waals surface area contributed by atoms with Gasteiger partial charge in [0.15, 0.2) is 0 Å². The molecule has 40 heavy (non-hydrogen) atoms. The van der Waals surface area contributed by atoms with Gasteiger partial charge in [0.2, 0.25) is 5.91 Å². The van der Waals surface area contributed by atoms with E-state index in [1.807, 2.05) is 57.9 Å². The Morgan fingerprint density at radius 3 is 2.27 bits per heavy atom. The van der Waals surface area contributed by atoms with E-state index in [1.165, 1.54) is 30.6 Å². The topological polar surface area (TPSA) is 147 Å². The van der Waals surface area contributed by atoms with E-state index in [1.54, 1.807) is 23.5 Å². The summed E-state index contributed by atoms with van der Waals surface area (Å²) in [5.41, 5.74) is 2.49. The number of anilines is 1. The monoisotopic (exact) mass is 602 g/mol. The van der Waals surface area contributed by atoms with E-state index in [2.05, 4.69) is 10.6 Å². The summed E-state index contributed by atoms with van der Waals surface area (Å²) in [6.45, 7) is 0. The van der Waals surface area contributed by atoms with Crippen molar-refractivity contribution in [2.24, 2.45) is 0 Å². The molecule has 0 aliphatic heterocycles. The highest BCUT2D eigenvalue weighted by atomic mass is 32.2. The first kappa shape index (κ1) is 30.8. The molecule has 0 aliphatic rings. The number of benzene rings is 2. The minimum atomic E-state index is -4.40. The van der Waals surface area contributed by atoms with Crippen molar-refractivity contribution in [3.63, 3.8) is 0 Å². The molecule has 0 bridgehead atoms. The van der Waals surface area contributed by atoms with Gasteiger partial charge in [0.25, 0.3) is 0 Å². The Labute approximate surface area is 241 Å². The van der Waals surface area contributed by atoms with Gasteiger partial charge in [-0.15, -0.1) is 22.7 Å². The number of alkyl carbamates (subject to hydrolysis) is 1. The van der Waals surface area contributed by atoms with Gasteiger partial charge in [-0.2, -0.15) is 8.42 Å². The normalized spacial score (nSPS) is 12.4. The summed E-state index contributed by atoms with van der Waals surface area (Å²) in [6.07, 6.45) is -0.137. The third kappa shape index (κ3) is 8.88. The van der Waals surface area contributed by atoms with Crippen LogP contribution in [0.5, 0.6) is 0 Å². The summed E-state index contributed by atoms with van der Waals surface area (Å²) < 4.78 is 38.0. The molecular weight excluding hydrogens is 573 g/mol. The lowest BCUT2D eigenvalue weighted by Gasteiger charge is -2.23.